The second-order valence-corrected chi connectivity index (χ2v) is 4.41. The molecular weight excluding hydrogens is 268 g/mol. The maximum Gasteiger partial charge on any atom is 0.0851 e. The highest BCUT2D eigenvalue weighted by Gasteiger charge is 2.03. The maximum atomic E-state index is 4.33. The quantitative estimate of drug-likeness (QED) is 0.805. The number of pyridine rings is 1. The molecule has 0 aliphatic heterocycles. The van der Waals surface area contributed by atoms with E-state index in [4.69, 9.17) is 0 Å². The zero-order chi connectivity index (χ0) is 11.4. The van der Waals surface area contributed by atoms with Crippen LogP contribution in [0.5, 0.6) is 0 Å². The van der Waals surface area contributed by atoms with Crippen LogP contribution in [0.3, 0.4) is 0 Å². The Morgan fingerprint density at radius 3 is 3.06 bits per heavy atom. The van der Waals surface area contributed by atoms with Crippen molar-refractivity contribution in [3.63, 3.8) is 0 Å². The van der Waals surface area contributed by atoms with Gasteiger partial charge in [-0.2, -0.15) is 0 Å². The number of hydrogen-bond acceptors (Lipinski definition) is 3. The summed E-state index contributed by atoms with van der Waals surface area (Å²) in [6.07, 6.45) is 4.68. The molecule has 0 aliphatic carbocycles. The van der Waals surface area contributed by atoms with Gasteiger partial charge in [0.25, 0.3) is 0 Å². The highest BCUT2D eigenvalue weighted by molar-refractivity contribution is 9.09. The van der Waals surface area contributed by atoms with Gasteiger partial charge in [0.05, 0.1) is 17.9 Å². The van der Waals surface area contributed by atoms with Crippen LogP contribution in [0.4, 0.5) is 0 Å². The third kappa shape index (κ3) is 2.66. The van der Waals surface area contributed by atoms with Gasteiger partial charge in [-0.1, -0.05) is 27.2 Å². The van der Waals surface area contributed by atoms with E-state index in [0.717, 1.165) is 23.1 Å². The fourth-order valence-electron chi connectivity index (χ4n) is 1.46. The lowest BCUT2D eigenvalue weighted by molar-refractivity contribution is 0.635. The van der Waals surface area contributed by atoms with Crippen molar-refractivity contribution >= 4 is 15.9 Å². The number of hydrogen-bond donors (Lipinski definition) is 0. The zero-order valence-corrected chi connectivity index (χ0v) is 10.7. The van der Waals surface area contributed by atoms with Crippen molar-refractivity contribution in [1.82, 2.24) is 20.0 Å². The predicted molar refractivity (Wildman–Crippen MR) is 65.6 cm³/mol. The summed E-state index contributed by atoms with van der Waals surface area (Å²) in [5.74, 6) is 0. The highest BCUT2D eigenvalue weighted by Crippen LogP contribution is 2.05. The lowest BCUT2D eigenvalue weighted by Crippen LogP contribution is -2.04. The second-order valence-electron chi connectivity index (χ2n) is 3.61. The Balaban J connectivity index is 2.11. The first kappa shape index (κ1) is 11.3. The van der Waals surface area contributed by atoms with Gasteiger partial charge in [0.15, 0.2) is 0 Å². The van der Waals surface area contributed by atoms with E-state index in [1.165, 1.54) is 5.56 Å². The fourth-order valence-corrected chi connectivity index (χ4v) is 1.87. The molecule has 0 radical (unpaired) electrons. The molecule has 84 valence electrons. The lowest BCUT2D eigenvalue weighted by atomic mass is 10.2. The summed E-state index contributed by atoms with van der Waals surface area (Å²) < 4.78 is 1.83. The van der Waals surface area contributed by atoms with E-state index in [1.54, 1.807) is 6.20 Å². The van der Waals surface area contributed by atoms with Gasteiger partial charge in [0.1, 0.15) is 0 Å². The molecule has 2 aromatic heterocycles. The molecule has 0 bridgehead atoms. The van der Waals surface area contributed by atoms with E-state index >= 15 is 0 Å². The van der Waals surface area contributed by atoms with Crippen molar-refractivity contribution in [2.45, 2.75) is 19.9 Å². The first-order chi connectivity index (χ1) is 7.79. The van der Waals surface area contributed by atoms with Crippen LogP contribution in [0.25, 0.3) is 0 Å². The van der Waals surface area contributed by atoms with Crippen molar-refractivity contribution in [1.29, 1.82) is 0 Å². The van der Waals surface area contributed by atoms with Gasteiger partial charge in [0.2, 0.25) is 0 Å². The average molecular weight is 281 g/mol. The Kier molecular flexibility index (Phi) is 3.66. The number of nitrogens with zero attached hydrogens (tertiary/aromatic N) is 4. The molecule has 0 unspecified atom stereocenters. The van der Waals surface area contributed by atoms with Gasteiger partial charge in [0, 0.05) is 24.1 Å². The summed E-state index contributed by atoms with van der Waals surface area (Å²) >= 11 is 3.38. The van der Waals surface area contributed by atoms with E-state index < -0.39 is 0 Å². The summed E-state index contributed by atoms with van der Waals surface area (Å²) in [6.45, 7) is 2.74. The molecule has 2 rings (SSSR count). The topological polar surface area (TPSA) is 43.6 Å². The molecular formula is C11H13BrN4. The summed E-state index contributed by atoms with van der Waals surface area (Å²) in [5, 5.41) is 9.07. The highest BCUT2D eigenvalue weighted by atomic mass is 79.9. The van der Waals surface area contributed by atoms with Crippen molar-refractivity contribution in [2.24, 2.45) is 0 Å². The zero-order valence-electron chi connectivity index (χ0n) is 9.10. The summed E-state index contributed by atoms with van der Waals surface area (Å²) in [6, 6.07) is 4.00. The molecule has 0 atom stereocenters. The van der Waals surface area contributed by atoms with Crippen LogP contribution >= 0.6 is 15.9 Å². The molecule has 0 saturated heterocycles. The van der Waals surface area contributed by atoms with Crippen LogP contribution in [0, 0.1) is 6.92 Å². The fraction of sp³-hybridized carbons (Fsp3) is 0.364. The average Bonchev–Trinajstić information content (AvgIpc) is 2.70. The summed E-state index contributed by atoms with van der Waals surface area (Å²) in [7, 11) is 0. The van der Waals surface area contributed by atoms with Crippen LogP contribution in [0.2, 0.25) is 0 Å². The number of alkyl halides is 1. The van der Waals surface area contributed by atoms with Crippen molar-refractivity contribution in [3.8, 4) is 0 Å². The minimum atomic E-state index is 0.682. The Morgan fingerprint density at radius 2 is 2.31 bits per heavy atom. The second kappa shape index (κ2) is 5.21. The predicted octanol–water partition coefficient (Wildman–Crippen LogP) is 1.97. The van der Waals surface area contributed by atoms with Gasteiger partial charge >= 0.3 is 0 Å². The monoisotopic (exact) mass is 280 g/mol. The van der Waals surface area contributed by atoms with Crippen molar-refractivity contribution in [2.75, 3.05) is 5.33 Å². The van der Waals surface area contributed by atoms with Crippen LogP contribution in [0.1, 0.15) is 17.0 Å². The van der Waals surface area contributed by atoms with Gasteiger partial charge in [-0.05, 0) is 18.6 Å². The lowest BCUT2D eigenvalue weighted by Gasteiger charge is -2.02. The Bertz CT molecular complexity index is 467. The number of rotatable bonds is 4. The number of aryl methyl sites for hydroxylation is 2. The molecule has 0 aliphatic rings. The molecule has 4 nitrogen and oxygen atoms in total. The van der Waals surface area contributed by atoms with Crippen molar-refractivity contribution < 1.29 is 0 Å². The van der Waals surface area contributed by atoms with Gasteiger partial charge in [-0.15, -0.1) is 5.10 Å². The first-order valence-corrected chi connectivity index (χ1v) is 6.27. The standard InChI is InChI=1S/C11H13BrN4/c1-9-3-2-6-13-11(9)8-16-7-10(4-5-12)14-15-16/h2-3,6-7H,4-5,8H2,1H3. The van der Waals surface area contributed by atoms with E-state index in [1.807, 2.05) is 16.9 Å². The van der Waals surface area contributed by atoms with E-state index in [2.05, 4.69) is 44.2 Å². The van der Waals surface area contributed by atoms with Gasteiger partial charge < -0.3 is 0 Å². The molecule has 2 heterocycles. The Hall–Kier alpha value is -1.23. The molecule has 2 aromatic rings. The van der Waals surface area contributed by atoms with Gasteiger partial charge in [-0.3, -0.25) is 4.98 Å². The van der Waals surface area contributed by atoms with Crippen LogP contribution in [0.15, 0.2) is 24.5 Å². The molecule has 0 N–H and O–H groups in total. The number of aromatic nitrogens is 4. The minimum absolute atomic E-state index is 0.682. The van der Waals surface area contributed by atoms with E-state index in [9.17, 15) is 0 Å². The number of halogens is 1. The first-order valence-electron chi connectivity index (χ1n) is 5.15. The molecule has 0 amide bonds. The van der Waals surface area contributed by atoms with Crippen molar-refractivity contribution in [3.05, 3.63) is 41.5 Å². The van der Waals surface area contributed by atoms with Crippen LogP contribution in [-0.4, -0.2) is 25.3 Å². The van der Waals surface area contributed by atoms with Crippen LogP contribution in [-0.2, 0) is 13.0 Å². The Labute approximate surface area is 103 Å². The molecule has 0 spiro atoms. The minimum Gasteiger partial charge on any atom is -0.259 e. The Morgan fingerprint density at radius 1 is 1.44 bits per heavy atom. The van der Waals surface area contributed by atoms with E-state index in [-0.39, 0.29) is 0 Å². The maximum absolute atomic E-state index is 4.33. The third-order valence-corrected chi connectivity index (χ3v) is 2.76. The molecule has 16 heavy (non-hydrogen) atoms. The largest absolute Gasteiger partial charge is 0.259 e. The third-order valence-electron chi connectivity index (χ3n) is 2.37. The summed E-state index contributed by atoms with van der Waals surface area (Å²) in [4.78, 5) is 4.33. The van der Waals surface area contributed by atoms with Crippen LogP contribution < -0.4 is 0 Å². The normalized spacial score (nSPS) is 10.6. The van der Waals surface area contributed by atoms with E-state index in [0.29, 0.717) is 6.54 Å². The molecule has 5 heteroatoms. The SMILES string of the molecule is Cc1cccnc1Cn1cc(CCBr)nn1. The molecule has 0 saturated carbocycles. The molecule has 0 fully saturated rings. The summed E-state index contributed by atoms with van der Waals surface area (Å²) in [5.41, 5.74) is 3.23. The molecule has 0 aromatic carbocycles. The smallest absolute Gasteiger partial charge is 0.0851 e. The van der Waals surface area contributed by atoms with Gasteiger partial charge in [-0.25, -0.2) is 4.68 Å².